The Balaban J connectivity index is 1.31. The van der Waals surface area contributed by atoms with E-state index in [0.717, 1.165) is 88.4 Å². The molecule has 0 bridgehead atoms. The standard InChI is InChI=1S/C46H28N2O2/c1-2-14-30(15-3-1)47-38-21-7-4-16-31(38)34-19-11-23-40(45(34)47)48(41-24-12-20-35-32-17-5-9-26-43(32)50-46(35)41)39-22-10-13-29-27-44-37(28-36(29)39)33-18-6-8-25-42(33)49-44/h1-28H. The van der Waals surface area contributed by atoms with Crippen molar-refractivity contribution in [3.05, 3.63) is 170 Å². The average Bonchev–Trinajstić information content (AvgIpc) is 3.85. The van der Waals surface area contributed by atoms with Gasteiger partial charge in [-0.15, -0.1) is 0 Å². The van der Waals surface area contributed by atoms with Crippen LogP contribution in [0.4, 0.5) is 17.1 Å². The molecule has 11 aromatic rings. The molecule has 0 aliphatic heterocycles. The molecule has 3 heterocycles. The van der Waals surface area contributed by atoms with E-state index < -0.39 is 0 Å². The summed E-state index contributed by atoms with van der Waals surface area (Å²) in [7, 11) is 0. The van der Waals surface area contributed by atoms with Crippen LogP contribution in [0.15, 0.2) is 179 Å². The summed E-state index contributed by atoms with van der Waals surface area (Å²) in [6, 6.07) is 60.1. The topological polar surface area (TPSA) is 34.5 Å². The second-order valence-corrected chi connectivity index (χ2v) is 12.9. The van der Waals surface area contributed by atoms with Gasteiger partial charge in [0.15, 0.2) is 5.58 Å². The highest BCUT2D eigenvalue weighted by Gasteiger charge is 2.25. The number of anilines is 3. The lowest BCUT2D eigenvalue weighted by molar-refractivity contribution is 0.669. The van der Waals surface area contributed by atoms with E-state index in [2.05, 4.69) is 161 Å². The largest absolute Gasteiger partial charge is 0.456 e. The average molecular weight is 641 g/mol. The molecule has 4 heteroatoms. The Kier molecular flexibility index (Phi) is 5.63. The number of benzene rings is 8. The van der Waals surface area contributed by atoms with Crippen LogP contribution in [0.2, 0.25) is 0 Å². The molecule has 0 saturated heterocycles. The minimum absolute atomic E-state index is 0.847. The van der Waals surface area contributed by atoms with E-state index in [1.807, 2.05) is 18.2 Å². The van der Waals surface area contributed by atoms with Gasteiger partial charge in [0.25, 0.3) is 0 Å². The van der Waals surface area contributed by atoms with E-state index in [-0.39, 0.29) is 0 Å². The van der Waals surface area contributed by atoms with Gasteiger partial charge < -0.3 is 18.3 Å². The van der Waals surface area contributed by atoms with Crippen molar-refractivity contribution in [1.82, 2.24) is 4.57 Å². The van der Waals surface area contributed by atoms with E-state index in [0.29, 0.717) is 0 Å². The first-order valence-corrected chi connectivity index (χ1v) is 16.9. The molecule has 0 aliphatic rings. The maximum Gasteiger partial charge on any atom is 0.159 e. The van der Waals surface area contributed by atoms with E-state index in [1.54, 1.807) is 0 Å². The molecule has 4 nitrogen and oxygen atoms in total. The first-order chi connectivity index (χ1) is 24.8. The SMILES string of the molecule is c1ccc(-n2c3ccccc3c3cccc(N(c4cccc5cc6oc7ccccc7c6cc45)c4cccc5c4oc4ccccc45)c32)cc1. The highest BCUT2D eigenvalue weighted by atomic mass is 16.3. The number of furan rings is 2. The van der Waals surface area contributed by atoms with Crippen molar-refractivity contribution in [3.8, 4) is 5.69 Å². The van der Waals surface area contributed by atoms with E-state index in [1.165, 1.54) is 10.8 Å². The third-order valence-electron chi connectivity index (χ3n) is 10.1. The number of hydrogen-bond acceptors (Lipinski definition) is 3. The molecule has 0 atom stereocenters. The Hall–Kier alpha value is -6.78. The predicted molar refractivity (Wildman–Crippen MR) is 208 cm³/mol. The van der Waals surface area contributed by atoms with Crippen molar-refractivity contribution < 1.29 is 8.83 Å². The molecule has 0 unspecified atom stereocenters. The van der Waals surface area contributed by atoms with Crippen molar-refractivity contribution in [2.75, 3.05) is 4.90 Å². The normalized spacial score (nSPS) is 12.0. The molecule has 11 rings (SSSR count). The lowest BCUT2D eigenvalue weighted by Gasteiger charge is -2.28. The highest BCUT2D eigenvalue weighted by Crippen LogP contribution is 2.48. The molecule has 8 aromatic carbocycles. The monoisotopic (exact) mass is 640 g/mol. The summed E-state index contributed by atoms with van der Waals surface area (Å²) in [5.74, 6) is 0. The summed E-state index contributed by atoms with van der Waals surface area (Å²) in [5, 5.41) is 9.01. The number of rotatable bonds is 4. The van der Waals surface area contributed by atoms with Crippen LogP contribution in [-0.2, 0) is 0 Å². The van der Waals surface area contributed by atoms with Gasteiger partial charge in [-0.1, -0.05) is 109 Å². The van der Waals surface area contributed by atoms with Gasteiger partial charge in [-0.25, -0.2) is 0 Å². The minimum atomic E-state index is 0.847. The van der Waals surface area contributed by atoms with Crippen LogP contribution in [0.25, 0.3) is 82.1 Å². The molecule has 0 N–H and O–H groups in total. The van der Waals surface area contributed by atoms with Crippen molar-refractivity contribution in [1.29, 1.82) is 0 Å². The van der Waals surface area contributed by atoms with Crippen LogP contribution < -0.4 is 4.90 Å². The van der Waals surface area contributed by atoms with Gasteiger partial charge in [0.1, 0.15) is 16.7 Å². The van der Waals surface area contributed by atoms with Gasteiger partial charge in [0.05, 0.1) is 28.1 Å². The summed E-state index contributed by atoms with van der Waals surface area (Å²) < 4.78 is 15.5. The van der Waals surface area contributed by atoms with Crippen molar-refractivity contribution in [3.63, 3.8) is 0 Å². The molecule has 0 amide bonds. The summed E-state index contributed by atoms with van der Waals surface area (Å²) in [6.07, 6.45) is 0. The van der Waals surface area contributed by atoms with Crippen LogP contribution in [0.1, 0.15) is 0 Å². The Bertz CT molecular complexity index is 3110. The number of para-hydroxylation sites is 6. The predicted octanol–water partition coefficient (Wildman–Crippen LogP) is 13.2. The van der Waals surface area contributed by atoms with Gasteiger partial charge in [-0.2, -0.15) is 0 Å². The summed E-state index contributed by atoms with van der Waals surface area (Å²) in [4.78, 5) is 2.40. The molecule has 50 heavy (non-hydrogen) atoms. The van der Waals surface area contributed by atoms with Gasteiger partial charge in [0.2, 0.25) is 0 Å². The zero-order chi connectivity index (χ0) is 32.8. The molecular weight excluding hydrogens is 613 g/mol. The first kappa shape index (κ1) is 27.2. The number of hydrogen-bond donors (Lipinski definition) is 0. The van der Waals surface area contributed by atoms with Crippen LogP contribution in [0, 0.1) is 0 Å². The zero-order valence-electron chi connectivity index (χ0n) is 26.9. The lowest BCUT2D eigenvalue weighted by Crippen LogP contribution is -2.12. The number of nitrogens with zero attached hydrogens (tertiary/aromatic N) is 2. The molecule has 0 fully saturated rings. The van der Waals surface area contributed by atoms with Crippen LogP contribution in [0.3, 0.4) is 0 Å². The Labute approximate surface area is 286 Å². The fourth-order valence-corrected chi connectivity index (χ4v) is 8.00. The Morgan fingerprint density at radius 3 is 1.84 bits per heavy atom. The van der Waals surface area contributed by atoms with E-state index in [9.17, 15) is 0 Å². The molecule has 0 radical (unpaired) electrons. The lowest BCUT2D eigenvalue weighted by atomic mass is 10.0. The molecular formula is C46H28N2O2. The molecule has 3 aromatic heterocycles. The van der Waals surface area contributed by atoms with Gasteiger partial charge in [-0.3, -0.25) is 0 Å². The van der Waals surface area contributed by atoms with Gasteiger partial charge >= 0.3 is 0 Å². The first-order valence-electron chi connectivity index (χ1n) is 16.9. The summed E-state index contributed by atoms with van der Waals surface area (Å²) in [6.45, 7) is 0. The van der Waals surface area contributed by atoms with Crippen molar-refractivity contribution in [2.45, 2.75) is 0 Å². The Morgan fingerprint density at radius 2 is 1.00 bits per heavy atom. The highest BCUT2D eigenvalue weighted by molar-refractivity contribution is 6.19. The van der Waals surface area contributed by atoms with E-state index in [4.69, 9.17) is 8.83 Å². The minimum Gasteiger partial charge on any atom is -0.456 e. The van der Waals surface area contributed by atoms with Crippen molar-refractivity contribution >= 4 is 93.5 Å². The molecule has 0 spiro atoms. The number of aromatic nitrogens is 1. The summed E-state index contributed by atoms with van der Waals surface area (Å²) in [5.41, 5.74) is 9.97. The van der Waals surface area contributed by atoms with Crippen LogP contribution >= 0.6 is 0 Å². The third-order valence-corrected chi connectivity index (χ3v) is 10.1. The van der Waals surface area contributed by atoms with E-state index >= 15 is 0 Å². The maximum absolute atomic E-state index is 6.76. The molecule has 0 aliphatic carbocycles. The van der Waals surface area contributed by atoms with Gasteiger partial charge in [0, 0.05) is 43.4 Å². The summed E-state index contributed by atoms with van der Waals surface area (Å²) >= 11 is 0. The fraction of sp³-hybridized carbons (Fsp3) is 0. The maximum atomic E-state index is 6.76. The van der Waals surface area contributed by atoms with Crippen LogP contribution in [0.5, 0.6) is 0 Å². The number of fused-ring (bicyclic) bond motifs is 10. The Morgan fingerprint density at radius 1 is 0.380 bits per heavy atom. The smallest absolute Gasteiger partial charge is 0.159 e. The molecule has 0 saturated carbocycles. The quantitative estimate of drug-likeness (QED) is 0.192. The second-order valence-electron chi connectivity index (χ2n) is 12.9. The third kappa shape index (κ3) is 3.81. The van der Waals surface area contributed by atoms with Gasteiger partial charge in [-0.05, 0) is 66.0 Å². The second kappa shape index (κ2) is 10.4. The molecule has 234 valence electrons. The van der Waals surface area contributed by atoms with Crippen LogP contribution in [-0.4, -0.2) is 4.57 Å². The van der Waals surface area contributed by atoms with Crippen molar-refractivity contribution in [2.24, 2.45) is 0 Å². The zero-order valence-corrected chi connectivity index (χ0v) is 26.9. The fourth-order valence-electron chi connectivity index (χ4n) is 8.00.